The van der Waals surface area contributed by atoms with E-state index in [1.165, 1.54) is 0 Å². The number of H-pyrrole nitrogens is 1. The molecule has 1 aliphatic rings. The van der Waals surface area contributed by atoms with Gasteiger partial charge in [0.2, 0.25) is 5.52 Å². The van der Waals surface area contributed by atoms with E-state index in [9.17, 15) is 9.90 Å². The van der Waals surface area contributed by atoms with Crippen LogP contribution in [0.5, 0.6) is 0 Å². The molecule has 0 unspecified atom stereocenters. The SMILES string of the molecule is Cn1ccc2[nH+]ccc(C=C3Sc4ccc(Cl)cc4N3CC(=O)O)c21. The number of pyridine rings is 1. The third kappa shape index (κ3) is 2.88. The Morgan fingerprint density at radius 3 is 3.00 bits per heavy atom. The number of aliphatic carboxylic acids is 1. The highest BCUT2D eigenvalue weighted by Gasteiger charge is 2.27. The number of aromatic nitrogens is 2. The Labute approximate surface area is 153 Å². The number of carboxylic acid groups (broad SMARTS) is 1. The highest BCUT2D eigenvalue weighted by molar-refractivity contribution is 8.03. The van der Waals surface area contributed by atoms with E-state index in [-0.39, 0.29) is 6.54 Å². The zero-order valence-corrected chi connectivity index (χ0v) is 14.9. The van der Waals surface area contributed by atoms with Crippen molar-refractivity contribution in [2.75, 3.05) is 11.4 Å². The summed E-state index contributed by atoms with van der Waals surface area (Å²) in [6, 6.07) is 9.56. The Morgan fingerprint density at radius 1 is 1.36 bits per heavy atom. The zero-order chi connectivity index (χ0) is 17.6. The third-order valence-electron chi connectivity index (χ3n) is 4.11. The normalized spacial score (nSPS) is 15.1. The number of anilines is 1. The van der Waals surface area contributed by atoms with Crippen LogP contribution in [0.2, 0.25) is 5.02 Å². The molecular weight excluding hydrogens is 358 g/mol. The highest BCUT2D eigenvalue weighted by atomic mass is 35.5. The molecule has 0 saturated carbocycles. The lowest BCUT2D eigenvalue weighted by atomic mass is 10.2. The van der Waals surface area contributed by atoms with E-state index in [2.05, 4.69) is 4.98 Å². The maximum absolute atomic E-state index is 11.4. The number of rotatable bonds is 3. The number of aromatic amines is 1. The summed E-state index contributed by atoms with van der Waals surface area (Å²) in [5.41, 5.74) is 3.96. The molecule has 0 radical (unpaired) electrons. The van der Waals surface area contributed by atoms with Gasteiger partial charge in [-0.15, -0.1) is 0 Å². The van der Waals surface area contributed by atoms with E-state index in [0.29, 0.717) is 5.02 Å². The Bertz CT molecular complexity index is 1030. The summed E-state index contributed by atoms with van der Waals surface area (Å²) in [7, 11) is 1.99. The smallest absolute Gasteiger partial charge is 0.323 e. The summed E-state index contributed by atoms with van der Waals surface area (Å²) >= 11 is 7.66. The maximum atomic E-state index is 11.4. The largest absolute Gasteiger partial charge is 0.480 e. The maximum Gasteiger partial charge on any atom is 0.323 e. The van der Waals surface area contributed by atoms with E-state index >= 15 is 0 Å². The molecule has 0 amide bonds. The van der Waals surface area contributed by atoms with Crippen molar-refractivity contribution in [3.05, 3.63) is 58.3 Å². The lowest BCUT2D eigenvalue weighted by Crippen LogP contribution is -2.25. The number of benzene rings is 1. The summed E-state index contributed by atoms with van der Waals surface area (Å²) < 4.78 is 2.05. The fourth-order valence-corrected chi connectivity index (χ4v) is 4.30. The van der Waals surface area contributed by atoms with Gasteiger partial charge in [-0.3, -0.25) is 4.79 Å². The van der Waals surface area contributed by atoms with E-state index < -0.39 is 5.97 Å². The minimum atomic E-state index is -0.885. The van der Waals surface area contributed by atoms with Gasteiger partial charge in [0.05, 0.1) is 10.7 Å². The van der Waals surface area contributed by atoms with E-state index in [1.54, 1.807) is 16.7 Å². The van der Waals surface area contributed by atoms with E-state index in [1.807, 2.05) is 60.4 Å². The van der Waals surface area contributed by atoms with E-state index in [4.69, 9.17) is 11.6 Å². The van der Waals surface area contributed by atoms with Gasteiger partial charge in [-0.2, -0.15) is 0 Å². The predicted molar refractivity (Wildman–Crippen MR) is 99.7 cm³/mol. The molecule has 126 valence electrons. The second kappa shape index (κ2) is 6.13. The Balaban J connectivity index is 1.84. The summed E-state index contributed by atoms with van der Waals surface area (Å²) in [5.74, 6) is -0.885. The van der Waals surface area contributed by atoms with Gasteiger partial charge in [0.15, 0.2) is 6.20 Å². The molecule has 1 aliphatic heterocycles. The van der Waals surface area contributed by atoms with Crippen LogP contribution in [0.15, 0.2) is 52.7 Å². The van der Waals surface area contributed by atoms with Gasteiger partial charge in [0, 0.05) is 40.9 Å². The number of carbonyl (C=O) groups is 1. The number of nitrogens with one attached hydrogen (secondary N) is 1. The van der Waals surface area contributed by atoms with Crippen molar-refractivity contribution < 1.29 is 14.9 Å². The number of carboxylic acids is 1. The summed E-state index contributed by atoms with van der Waals surface area (Å²) in [4.78, 5) is 17.4. The predicted octanol–water partition coefficient (Wildman–Crippen LogP) is 3.64. The molecule has 0 atom stereocenters. The van der Waals surface area contributed by atoms with Gasteiger partial charge in [-0.25, -0.2) is 4.98 Å². The fourth-order valence-electron chi connectivity index (χ4n) is 3.04. The molecule has 0 saturated heterocycles. The van der Waals surface area contributed by atoms with Gasteiger partial charge >= 0.3 is 5.97 Å². The molecular formula is C18H15ClN3O2S+. The standard InChI is InChI=1S/C18H14ClN3O2S/c1-21-7-5-13-18(21)11(4-6-20-13)8-16-22(10-17(23)24)14-9-12(19)2-3-15(14)25-16/h2-9H,10H2,1H3,(H,23,24)/p+1. The third-order valence-corrected chi connectivity index (χ3v) is 5.46. The minimum absolute atomic E-state index is 0.110. The van der Waals surface area contributed by atoms with Gasteiger partial charge < -0.3 is 14.6 Å². The molecule has 2 N–H and O–H groups in total. The number of hydrogen-bond acceptors (Lipinski definition) is 3. The number of halogens is 1. The lowest BCUT2D eigenvalue weighted by molar-refractivity contribution is -0.344. The van der Waals surface area contributed by atoms with Crippen molar-refractivity contribution in [3.8, 4) is 0 Å². The first kappa shape index (κ1) is 16.1. The van der Waals surface area contributed by atoms with Crippen LogP contribution in [-0.2, 0) is 11.8 Å². The molecule has 0 fully saturated rings. The van der Waals surface area contributed by atoms with Crippen LogP contribution in [-0.4, -0.2) is 22.2 Å². The fraction of sp³-hybridized carbons (Fsp3) is 0.111. The minimum Gasteiger partial charge on any atom is -0.480 e. The van der Waals surface area contributed by atoms with Crippen molar-refractivity contribution in [2.24, 2.45) is 7.05 Å². The molecule has 25 heavy (non-hydrogen) atoms. The molecule has 0 bridgehead atoms. The zero-order valence-electron chi connectivity index (χ0n) is 13.4. The number of thioether (sulfide) groups is 1. The summed E-state index contributed by atoms with van der Waals surface area (Å²) in [6.07, 6.45) is 5.91. The number of fused-ring (bicyclic) bond motifs is 2. The number of aryl methyl sites for hydroxylation is 1. The van der Waals surface area contributed by atoms with Crippen molar-refractivity contribution >= 4 is 52.1 Å². The van der Waals surface area contributed by atoms with Crippen LogP contribution in [0.25, 0.3) is 17.1 Å². The van der Waals surface area contributed by atoms with Gasteiger partial charge in [-0.05, 0) is 24.3 Å². The average molecular weight is 373 g/mol. The first-order valence-electron chi connectivity index (χ1n) is 7.67. The van der Waals surface area contributed by atoms with Gasteiger partial charge in [0.25, 0.3) is 0 Å². The van der Waals surface area contributed by atoms with E-state index in [0.717, 1.165) is 32.2 Å². The average Bonchev–Trinajstić information content (AvgIpc) is 3.10. The quantitative estimate of drug-likeness (QED) is 0.762. The molecule has 4 rings (SSSR count). The van der Waals surface area contributed by atoms with Crippen LogP contribution < -0.4 is 9.88 Å². The monoisotopic (exact) mass is 372 g/mol. The lowest BCUT2D eigenvalue weighted by Gasteiger charge is -2.18. The number of hydrogen-bond donors (Lipinski definition) is 1. The molecule has 2 aromatic heterocycles. The molecule has 5 nitrogen and oxygen atoms in total. The van der Waals surface area contributed by atoms with Crippen LogP contribution in [0.1, 0.15) is 5.56 Å². The highest BCUT2D eigenvalue weighted by Crippen LogP contribution is 2.47. The van der Waals surface area contributed by atoms with Gasteiger partial charge in [-0.1, -0.05) is 23.4 Å². The van der Waals surface area contributed by atoms with Crippen LogP contribution in [0, 0.1) is 0 Å². The first-order valence-corrected chi connectivity index (χ1v) is 8.86. The Kier molecular flexibility index (Phi) is 3.94. The van der Waals surface area contributed by atoms with Crippen LogP contribution in [0.4, 0.5) is 5.69 Å². The summed E-state index contributed by atoms with van der Waals surface area (Å²) in [6.45, 7) is -0.110. The second-order valence-corrected chi connectivity index (χ2v) is 7.30. The Morgan fingerprint density at radius 2 is 2.20 bits per heavy atom. The Hall–Kier alpha value is -2.44. The molecule has 0 spiro atoms. The molecule has 1 aromatic carbocycles. The summed E-state index contributed by atoms with van der Waals surface area (Å²) in [5, 5.41) is 10.8. The van der Waals surface area contributed by atoms with Gasteiger partial charge in [0.1, 0.15) is 12.1 Å². The topological polar surface area (TPSA) is 59.6 Å². The first-order chi connectivity index (χ1) is 12.0. The second-order valence-electron chi connectivity index (χ2n) is 5.80. The molecule has 3 heterocycles. The van der Waals surface area contributed by atoms with Crippen molar-refractivity contribution in [1.29, 1.82) is 0 Å². The van der Waals surface area contributed by atoms with Crippen LogP contribution in [0.3, 0.4) is 0 Å². The van der Waals surface area contributed by atoms with Crippen molar-refractivity contribution in [3.63, 3.8) is 0 Å². The van der Waals surface area contributed by atoms with Crippen molar-refractivity contribution in [2.45, 2.75) is 4.90 Å². The number of nitrogens with zero attached hydrogens (tertiary/aromatic N) is 2. The molecule has 3 aromatic rings. The molecule has 7 heteroatoms. The van der Waals surface area contributed by atoms with Crippen LogP contribution >= 0.6 is 23.4 Å². The molecule has 0 aliphatic carbocycles. The van der Waals surface area contributed by atoms with Crippen molar-refractivity contribution in [1.82, 2.24) is 4.57 Å².